The van der Waals surface area contributed by atoms with Crippen LogP contribution in [0.5, 0.6) is 0 Å². The summed E-state index contributed by atoms with van der Waals surface area (Å²) in [4.78, 5) is 4.31. The Bertz CT molecular complexity index is 325. The third kappa shape index (κ3) is 6.52. The average molecular weight is 248 g/mol. The number of nitrogens with zero attached hydrogens (tertiary/aromatic N) is 1. The van der Waals surface area contributed by atoms with Gasteiger partial charge in [-0.1, -0.05) is 18.2 Å². The van der Waals surface area contributed by atoms with Crippen molar-refractivity contribution in [3.8, 4) is 0 Å². The Kier molecular flexibility index (Phi) is 8.10. The SMILES string of the molecule is C/C=C\C(CCCO)NCCCc1ccccn1. The van der Waals surface area contributed by atoms with Crippen LogP contribution in [0.2, 0.25) is 0 Å². The molecule has 0 aliphatic rings. The lowest BCUT2D eigenvalue weighted by Gasteiger charge is -2.14. The fourth-order valence-corrected chi connectivity index (χ4v) is 1.91. The van der Waals surface area contributed by atoms with Crippen molar-refractivity contribution in [3.63, 3.8) is 0 Å². The lowest BCUT2D eigenvalue weighted by Crippen LogP contribution is -2.28. The van der Waals surface area contributed by atoms with Gasteiger partial charge in [0.25, 0.3) is 0 Å². The van der Waals surface area contributed by atoms with E-state index >= 15 is 0 Å². The van der Waals surface area contributed by atoms with Gasteiger partial charge in [-0.2, -0.15) is 0 Å². The zero-order valence-corrected chi connectivity index (χ0v) is 11.2. The number of aliphatic hydroxyl groups excluding tert-OH is 1. The van der Waals surface area contributed by atoms with Gasteiger partial charge in [0.1, 0.15) is 0 Å². The molecule has 0 saturated heterocycles. The Labute approximate surface area is 110 Å². The highest BCUT2D eigenvalue weighted by Gasteiger charge is 2.02. The lowest BCUT2D eigenvalue weighted by atomic mass is 10.1. The van der Waals surface area contributed by atoms with E-state index in [9.17, 15) is 0 Å². The van der Waals surface area contributed by atoms with Gasteiger partial charge in [-0.3, -0.25) is 4.98 Å². The molecule has 1 unspecified atom stereocenters. The van der Waals surface area contributed by atoms with Gasteiger partial charge < -0.3 is 10.4 Å². The Morgan fingerprint density at radius 1 is 1.39 bits per heavy atom. The van der Waals surface area contributed by atoms with Gasteiger partial charge in [-0.15, -0.1) is 0 Å². The molecule has 0 fully saturated rings. The summed E-state index contributed by atoms with van der Waals surface area (Å²) in [5.41, 5.74) is 1.15. The number of hydrogen-bond acceptors (Lipinski definition) is 3. The van der Waals surface area contributed by atoms with Crippen LogP contribution in [-0.2, 0) is 6.42 Å². The first-order valence-electron chi connectivity index (χ1n) is 6.73. The summed E-state index contributed by atoms with van der Waals surface area (Å²) in [6, 6.07) is 6.42. The van der Waals surface area contributed by atoms with Crippen LogP contribution in [0.25, 0.3) is 0 Å². The summed E-state index contributed by atoms with van der Waals surface area (Å²) in [6.45, 7) is 3.28. The highest BCUT2D eigenvalue weighted by Crippen LogP contribution is 2.01. The van der Waals surface area contributed by atoms with E-state index in [0.29, 0.717) is 6.04 Å². The van der Waals surface area contributed by atoms with Crippen molar-refractivity contribution in [1.82, 2.24) is 10.3 Å². The third-order valence-corrected chi connectivity index (χ3v) is 2.84. The Hall–Kier alpha value is -1.19. The number of pyridine rings is 1. The molecule has 0 bridgehead atoms. The highest BCUT2D eigenvalue weighted by atomic mass is 16.2. The van der Waals surface area contributed by atoms with Crippen LogP contribution in [0.1, 0.15) is 31.9 Å². The van der Waals surface area contributed by atoms with Crippen molar-refractivity contribution >= 4 is 0 Å². The van der Waals surface area contributed by atoms with Gasteiger partial charge in [0, 0.05) is 24.5 Å². The normalized spacial score (nSPS) is 13.0. The molecule has 0 aliphatic heterocycles. The summed E-state index contributed by atoms with van der Waals surface area (Å²) < 4.78 is 0. The second-order valence-electron chi connectivity index (χ2n) is 4.38. The molecule has 3 nitrogen and oxygen atoms in total. The van der Waals surface area contributed by atoms with E-state index in [1.807, 2.05) is 25.3 Å². The summed E-state index contributed by atoms with van der Waals surface area (Å²) in [5, 5.41) is 12.3. The maximum atomic E-state index is 8.84. The second-order valence-corrected chi connectivity index (χ2v) is 4.38. The van der Waals surface area contributed by atoms with Crippen LogP contribution in [0.15, 0.2) is 36.5 Å². The van der Waals surface area contributed by atoms with E-state index in [4.69, 9.17) is 5.11 Å². The zero-order chi connectivity index (χ0) is 13.1. The van der Waals surface area contributed by atoms with Crippen molar-refractivity contribution in [3.05, 3.63) is 42.2 Å². The van der Waals surface area contributed by atoms with Crippen LogP contribution >= 0.6 is 0 Å². The molecule has 3 heteroatoms. The molecule has 18 heavy (non-hydrogen) atoms. The predicted octanol–water partition coefficient (Wildman–Crippen LogP) is 2.32. The molecule has 1 heterocycles. The minimum absolute atomic E-state index is 0.268. The minimum atomic E-state index is 0.268. The van der Waals surface area contributed by atoms with Gasteiger partial charge in [-0.25, -0.2) is 0 Å². The minimum Gasteiger partial charge on any atom is -0.396 e. The van der Waals surface area contributed by atoms with Gasteiger partial charge in [0.05, 0.1) is 0 Å². The van der Waals surface area contributed by atoms with E-state index in [2.05, 4.69) is 28.5 Å². The van der Waals surface area contributed by atoms with Crippen LogP contribution in [0, 0.1) is 0 Å². The van der Waals surface area contributed by atoms with Crippen molar-refractivity contribution < 1.29 is 5.11 Å². The first-order chi connectivity index (χ1) is 8.86. The molecule has 1 rings (SSSR count). The van der Waals surface area contributed by atoms with Crippen LogP contribution < -0.4 is 5.32 Å². The molecule has 1 atom stereocenters. The quantitative estimate of drug-likeness (QED) is 0.521. The van der Waals surface area contributed by atoms with Gasteiger partial charge in [0.15, 0.2) is 0 Å². The largest absolute Gasteiger partial charge is 0.396 e. The average Bonchev–Trinajstić information content (AvgIpc) is 2.42. The van der Waals surface area contributed by atoms with Crippen LogP contribution in [-0.4, -0.2) is 29.3 Å². The fraction of sp³-hybridized carbons (Fsp3) is 0.533. The molecule has 0 radical (unpaired) electrons. The van der Waals surface area contributed by atoms with Crippen LogP contribution in [0.3, 0.4) is 0 Å². The maximum Gasteiger partial charge on any atom is 0.0431 e. The van der Waals surface area contributed by atoms with Gasteiger partial charge in [-0.05, 0) is 51.3 Å². The van der Waals surface area contributed by atoms with Crippen molar-refractivity contribution in [2.45, 2.75) is 38.6 Å². The lowest BCUT2D eigenvalue weighted by molar-refractivity contribution is 0.279. The third-order valence-electron chi connectivity index (χ3n) is 2.84. The topological polar surface area (TPSA) is 45.1 Å². The number of aryl methyl sites for hydroxylation is 1. The molecule has 1 aromatic rings. The Morgan fingerprint density at radius 2 is 2.28 bits per heavy atom. The predicted molar refractivity (Wildman–Crippen MR) is 75.5 cm³/mol. The number of aliphatic hydroxyl groups is 1. The van der Waals surface area contributed by atoms with Crippen LogP contribution in [0.4, 0.5) is 0 Å². The maximum absolute atomic E-state index is 8.84. The molecule has 0 spiro atoms. The molecule has 2 N–H and O–H groups in total. The first kappa shape index (κ1) is 14.9. The number of rotatable bonds is 9. The highest BCUT2D eigenvalue weighted by molar-refractivity contribution is 5.03. The number of aromatic nitrogens is 1. The summed E-state index contributed by atoms with van der Waals surface area (Å²) in [6.07, 6.45) is 10.0. The van der Waals surface area contributed by atoms with Crippen molar-refractivity contribution in [2.24, 2.45) is 0 Å². The summed E-state index contributed by atoms with van der Waals surface area (Å²) in [7, 11) is 0. The molecule has 0 amide bonds. The number of hydrogen-bond donors (Lipinski definition) is 2. The van der Waals surface area contributed by atoms with Gasteiger partial charge >= 0.3 is 0 Å². The molecular formula is C15H24N2O. The van der Waals surface area contributed by atoms with E-state index in [-0.39, 0.29) is 6.61 Å². The molecule has 0 aromatic carbocycles. The Morgan fingerprint density at radius 3 is 2.94 bits per heavy atom. The zero-order valence-electron chi connectivity index (χ0n) is 11.2. The van der Waals surface area contributed by atoms with E-state index in [1.54, 1.807) is 0 Å². The second kappa shape index (κ2) is 9.80. The number of allylic oxidation sites excluding steroid dienone is 1. The van der Waals surface area contributed by atoms with E-state index < -0.39 is 0 Å². The van der Waals surface area contributed by atoms with Crippen molar-refractivity contribution in [2.75, 3.05) is 13.2 Å². The first-order valence-corrected chi connectivity index (χ1v) is 6.73. The van der Waals surface area contributed by atoms with Gasteiger partial charge in [0.2, 0.25) is 0 Å². The molecule has 0 saturated carbocycles. The smallest absolute Gasteiger partial charge is 0.0431 e. The molecular weight excluding hydrogens is 224 g/mol. The monoisotopic (exact) mass is 248 g/mol. The standard InChI is InChI=1S/C15H24N2O/c1-2-7-14(10-6-13-18)17-12-5-9-15-8-3-4-11-16-15/h2-4,7-8,11,14,17-18H,5-6,9-10,12-13H2,1H3/b7-2-. The molecule has 100 valence electrons. The van der Waals surface area contributed by atoms with Crippen molar-refractivity contribution in [1.29, 1.82) is 0 Å². The molecule has 0 aliphatic carbocycles. The fourth-order valence-electron chi connectivity index (χ4n) is 1.91. The summed E-state index contributed by atoms with van der Waals surface area (Å²) in [5.74, 6) is 0. The van der Waals surface area contributed by atoms with E-state index in [1.165, 1.54) is 0 Å². The summed E-state index contributed by atoms with van der Waals surface area (Å²) >= 11 is 0. The number of nitrogens with one attached hydrogen (secondary N) is 1. The Balaban J connectivity index is 2.18. The molecule has 1 aromatic heterocycles. The van der Waals surface area contributed by atoms with E-state index in [0.717, 1.165) is 37.9 Å².